The van der Waals surface area contributed by atoms with E-state index in [0.29, 0.717) is 6.42 Å². The number of non-ortho nitro benzene ring substituents is 1. The summed E-state index contributed by atoms with van der Waals surface area (Å²) in [5.41, 5.74) is 6.88. The van der Waals surface area contributed by atoms with Gasteiger partial charge in [0.05, 0.1) is 4.92 Å². The van der Waals surface area contributed by atoms with E-state index in [1.807, 2.05) is 13.0 Å². The second-order valence-electron chi connectivity index (χ2n) is 4.51. The second-order valence-corrected chi connectivity index (χ2v) is 4.51. The first-order valence-corrected chi connectivity index (χ1v) is 5.47. The summed E-state index contributed by atoms with van der Waals surface area (Å²) in [7, 11) is 0. The highest BCUT2D eigenvalue weighted by Crippen LogP contribution is 2.19. The first kappa shape index (κ1) is 12.6. The summed E-state index contributed by atoms with van der Waals surface area (Å²) in [5.74, 6) is 0. The van der Waals surface area contributed by atoms with Crippen LogP contribution in [0.2, 0.25) is 0 Å². The summed E-state index contributed by atoms with van der Waals surface area (Å²) in [6.45, 7) is 4.06. The molecule has 16 heavy (non-hydrogen) atoms. The minimum Gasteiger partial charge on any atom is -0.325 e. The Balaban J connectivity index is 2.81. The van der Waals surface area contributed by atoms with E-state index < -0.39 is 0 Å². The predicted octanol–water partition coefficient (Wildman–Crippen LogP) is 2.65. The zero-order valence-corrected chi connectivity index (χ0v) is 9.77. The molecule has 0 aliphatic heterocycles. The van der Waals surface area contributed by atoms with Crippen molar-refractivity contribution in [3.05, 3.63) is 39.9 Å². The molecule has 0 heterocycles. The molecule has 0 radical (unpaired) electrons. The molecule has 1 aromatic rings. The standard InChI is InChI=1S/C12H18N2O2/c1-3-7-12(2,13)9-10-5-4-6-11(8-10)14(15)16/h4-6,8H,3,7,9,13H2,1-2H3. The maximum absolute atomic E-state index is 10.6. The summed E-state index contributed by atoms with van der Waals surface area (Å²) < 4.78 is 0. The zero-order chi connectivity index (χ0) is 12.2. The average Bonchev–Trinajstić information content (AvgIpc) is 2.17. The molecule has 0 aliphatic carbocycles. The van der Waals surface area contributed by atoms with Gasteiger partial charge >= 0.3 is 0 Å². The van der Waals surface area contributed by atoms with Crippen molar-refractivity contribution in [2.24, 2.45) is 5.73 Å². The Morgan fingerprint density at radius 1 is 1.50 bits per heavy atom. The minimum absolute atomic E-state index is 0.129. The van der Waals surface area contributed by atoms with Gasteiger partial charge in [0, 0.05) is 17.7 Å². The third-order valence-corrected chi connectivity index (χ3v) is 2.55. The fourth-order valence-electron chi connectivity index (χ4n) is 1.91. The van der Waals surface area contributed by atoms with E-state index in [9.17, 15) is 10.1 Å². The quantitative estimate of drug-likeness (QED) is 0.615. The van der Waals surface area contributed by atoms with Crippen LogP contribution in [0, 0.1) is 10.1 Å². The minimum atomic E-state index is -0.378. The highest BCUT2D eigenvalue weighted by molar-refractivity contribution is 5.35. The Kier molecular flexibility index (Phi) is 4.01. The van der Waals surface area contributed by atoms with Gasteiger partial charge in [0.2, 0.25) is 0 Å². The average molecular weight is 222 g/mol. The monoisotopic (exact) mass is 222 g/mol. The predicted molar refractivity (Wildman–Crippen MR) is 64.3 cm³/mol. The SMILES string of the molecule is CCCC(C)(N)Cc1cccc([N+](=O)[O-])c1. The lowest BCUT2D eigenvalue weighted by molar-refractivity contribution is -0.384. The van der Waals surface area contributed by atoms with E-state index in [1.54, 1.807) is 12.1 Å². The van der Waals surface area contributed by atoms with Crippen LogP contribution < -0.4 is 5.73 Å². The fraction of sp³-hybridized carbons (Fsp3) is 0.500. The molecule has 2 N–H and O–H groups in total. The number of nitrogens with zero attached hydrogens (tertiary/aromatic N) is 1. The van der Waals surface area contributed by atoms with Crippen LogP contribution in [0.25, 0.3) is 0 Å². The third-order valence-electron chi connectivity index (χ3n) is 2.55. The molecule has 0 aliphatic rings. The molecule has 0 fully saturated rings. The Morgan fingerprint density at radius 2 is 2.19 bits per heavy atom. The number of hydrogen-bond donors (Lipinski definition) is 1. The Hall–Kier alpha value is -1.42. The normalized spacial score (nSPS) is 14.4. The summed E-state index contributed by atoms with van der Waals surface area (Å²) >= 11 is 0. The molecule has 0 saturated heterocycles. The number of nitrogens with two attached hydrogens (primary N) is 1. The van der Waals surface area contributed by atoms with E-state index >= 15 is 0 Å². The van der Waals surface area contributed by atoms with Gasteiger partial charge in [0.25, 0.3) is 5.69 Å². The number of rotatable bonds is 5. The molecule has 1 aromatic carbocycles. The highest BCUT2D eigenvalue weighted by atomic mass is 16.6. The molecular formula is C12H18N2O2. The van der Waals surface area contributed by atoms with Gasteiger partial charge in [-0.05, 0) is 25.3 Å². The van der Waals surface area contributed by atoms with Gasteiger partial charge in [-0.1, -0.05) is 25.5 Å². The lowest BCUT2D eigenvalue weighted by Gasteiger charge is -2.23. The second kappa shape index (κ2) is 5.07. The number of hydrogen-bond acceptors (Lipinski definition) is 3. The maximum Gasteiger partial charge on any atom is 0.269 e. The topological polar surface area (TPSA) is 69.2 Å². The van der Waals surface area contributed by atoms with Crippen molar-refractivity contribution in [2.45, 2.75) is 38.6 Å². The van der Waals surface area contributed by atoms with Crippen LogP contribution in [-0.2, 0) is 6.42 Å². The summed E-state index contributed by atoms with van der Waals surface area (Å²) in [5, 5.41) is 10.6. The smallest absolute Gasteiger partial charge is 0.269 e. The molecule has 0 saturated carbocycles. The van der Waals surface area contributed by atoms with Gasteiger partial charge in [0.15, 0.2) is 0 Å². The Bertz CT molecular complexity index is 375. The molecule has 0 spiro atoms. The first-order chi connectivity index (χ1) is 7.44. The van der Waals surface area contributed by atoms with E-state index in [1.165, 1.54) is 6.07 Å². The van der Waals surface area contributed by atoms with E-state index in [0.717, 1.165) is 18.4 Å². The third kappa shape index (κ3) is 3.62. The molecule has 1 atom stereocenters. The van der Waals surface area contributed by atoms with Crippen LogP contribution in [0.5, 0.6) is 0 Å². The summed E-state index contributed by atoms with van der Waals surface area (Å²) in [6, 6.07) is 6.68. The molecule has 4 heteroatoms. The van der Waals surface area contributed by atoms with E-state index in [-0.39, 0.29) is 16.1 Å². The number of benzene rings is 1. The van der Waals surface area contributed by atoms with Gasteiger partial charge in [-0.25, -0.2) is 0 Å². The van der Waals surface area contributed by atoms with Gasteiger partial charge < -0.3 is 5.73 Å². The largest absolute Gasteiger partial charge is 0.325 e. The maximum atomic E-state index is 10.6. The number of nitro groups is 1. The van der Waals surface area contributed by atoms with Gasteiger partial charge in [-0.3, -0.25) is 10.1 Å². The summed E-state index contributed by atoms with van der Waals surface area (Å²) in [6.07, 6.45) is 2.60. The van der Waals surface area contributed by atoms with E-state index in [2.05, 4.69) is 6.92 Å². The highest BCUT2D eigenvalue weighted by Gasteiger charge is 2.18. The molecule has 0 bridgehead atoms. The summed E-state index contributed by atoms with van der Waals surface area (Å²) in [4.78, 5) is 10.2. The lowest BCUT2D eigenvalue weighted by Crippen LogP contribution is -2.38. The van der Waals surface area contributed by atoms with Crippen molar-refractivity contribution < 1.29 is 4.92 Å². The van der Waals surface area contributed by atoms with Crippen molar-refractivity contribution >= 4 is 5.69 Å². The zero-order valence-electron chi connectivity index (χ0n) is 9.77. The molecule has 4 nitrogen and oxygen atoms in total. The molecular weight excluding hydrogens is 204 g/mol. The van der Waals surface area contributed by atoms with Crippen molar-refractivity contribution in [1.29, 1.82) is 0 Å². The first-order valence-electron chi connectivity index (χ1n) is 5.47. The van der Waals surface area contributed by atoms with Gasteiger partial charge in [0.1, 0.15) is 0 Å². The van der Waals surface area contributed by atoms with E-state index in [4.69, 9.17) is 5.73 Å². The van der Waals surface area contributed by atoms with Gasteiger partial charge in [-0.15, -0.1) is 0 Å². The van der Waals surface area contributed by atoms with Crippen LogP contribution in [0.15, 0.2) is 24.3 Å². The lowest BCUT2D eigenvalue weighted by atomic mass is 9.89. The van der Waals surface area contributed by atoms with Crippen LogP contribution in [0.4, 0.5) is 5.69 Å². The Labute approximate surface area is 95.6 Å². The molecule has 0 amide bonds. The van der Waals surface area contributed by atoms with Crippen LogP contribution in [0.1, 0.15) is 32.3 Å². The van der Waals surface area contributed by atoms with Crippen molar-refractivity contribution in [3.63, 3.8) is 0 Å². The van der Waals surface area contributed by atoms with Crippen LogP contribution in [0.3, 0.4) is 0 Å². The van der Waals surface area contributed by atoms with Crippen molar-refractivity contribution in [3.8, 4) is 0 Å². The fourth-order valence-corrected chi connectivity index (χ4v) is 1.91. The molecule has 0 aromatic heterocycles. The van der Waals surface area contributed by atoms with Crippen molar-refractivity contribution in [2.75, 3.05) is 0 Å². The Morgan fingerprint density at radius 3 is 2.75 bits per heavy atom. The van der Waals surface area contributed by atoms with Crippen LogP contribution in [-0.4, -0.2) is 10.5 Å². The molecule has 1 unspecified atom stereocenters. The van der Waals surface area contributed by atoms with Crippen LogP contribution >= 0.6 is 0 Å². The molecule has 88 valence electrons. The molecule has 1 rings (SSSR count). The van der Waals surface area contributed by atoms with Gasteiger partial charge in [-0.2, -0.15) is 0 Å². The van der Waals surface area contributed by atoms with Crippen molar-refractivity contribution in [1.82, 2.24) is 0 Å². The number of nitro benzene ring substituents is 1.